The zero-order chi connectivity index (χ0) is 39.3. The molecule has 4 heterocycles. The molecule has 0 amide bonds. The lowest BCUT2D eigenvalue weighted by Gasteiger charge is -2.54. The van der Waals surface area contributed by atoms with Crippen molar-refractivity contribution in [3.8, 4) is 11.1 Å². The predicted molar refractivity (Wildman–Crippen MR) is 246 cm³/mol. The molecule has 4 atom stereocenters. The largest absolute Gasteiger partial charge is 0.335 e. The standard InChI is InChI=1S/C54H54BN3/c1-35-31-36(2)48-50-47(35)52(4)28-16-18-30-54(52,6)58(50)46-34-40(33-45-49(46)55(48)42-23-13-14-24-44(42)56(45)39-21-11-8-12-22-39)57-43-26-25-38(37-19-9-7-10-20-37)32-41(43)51(3)27-15-17-29-53(51,57)5/h7-14,19-26,31-34H,15-18,27-30H2,1-6H3. The van der Waals surface area contributed by atoms with Gasteiger partial charge in [-0.15, -0.1) is 0 Å². The minimum atomic E-state index is -0.0768. The molecule has 12 rings (SSSR count). The van der Waals surface area contributed by atoms with Gasteiger partial charge in [0.2, 0.25) is 0 Å². The highest BCUT2D eigenvalue weighted by Gasteiger charge is 2.63. The van der Waals surface area contributed by atoms with Gasteiger partial charge in [-0.2, -0.15) is 0 Å². The van der Waals surface area contributed by atoms with Gasteiger partial charge in [0.25, 0.3) is 6.71 Å². The van der Waals surface area contributed by atoms with E-state index in [4.69, 9.17) is 0 Å². The second-order valence-corrected chi connectivity index (χ2v) is 19.6. The molecule has 4 heteroatoms. The van der Waals surface area contributed by atoms with Crippen LogP contribution in [0.5, 0.6) is 0 Å². The summed E-state index contributed by atoms with van der Waals surface area (Å²) in [6.07, 6.45) is 9.89. The van der Waals surface area contributed by atoms with Crippen LogP contribution in [0.1, 0.15) is 101 Å². The first kappa shape index (κ1) is 34.8. The van der Waals surface area contributed by atoms with Crippen LogP contribution in [-0.2, 0) is 10.8 Å². The lowest BCUT2D eigenvalue weighted by atomic mass is 9.32. The second-order valence-electron chi connectivity index (χ2n) is 19.6. The van der Waals surface area contributed by atoms with Crippen molar-refractivity contribution in [2.24, 2.45) is 0 Å². The fourth-order valence-corrected chi connectivity index (χ4v) is 13.9. The van der Waals surface area contributed by atoms with E-state index in [1.165, 1.54) is 135 Å². The topological polar surface area (TPSA) is 9.72 Å². The molecule has 0 saturated heterocycles. The molecule has 0 bridgehead atoms. The van der Waals surface area contributed by atoms with Crippen LogP contribution in [0.15, 0.2) is 121 Å². The van der Waals surface area contributed by atoms with Gasteiger partial charge in [0.15, 0.2) is 0 Å². The zero-order valence-corrected chi connectivity index (χ0v) is 35.1. The summed E-state index contributed by atoms with van der Waals surface area (Å²) >= 11 is 0. The van der Waals surface area contributed by atoms with Crippen molar-refractivity contribution in [1.29, 1.82) is 0 Å². The Morgan fingerprint density at radius 1 is 0.483 bits per heavy atom. The molecule has 6 aromatic rings. The maximum atomic E-state index is 2.94. The number of nitrogens with zero attached hydrogens (tertiary/aromatic N) is 3. The fraction of sp³-hybridized carbons (Fsp3) is 0.333. The quantitative estimate of drug-likeness (QED) is 0.166. The summed E-state index contributed by atoms with van der Waals surface area (Å²) in [5.74, 6) is 0. The molecule has 2 aliphatic carbocycles. The van der Waals surface area contributed by atoms with Gasteiger partial charge in [0, 0.05) is 50.6 Å². The molecule has 0 radical (unpaired) electrons. The molecule has 2 saturated carbocycles. The fourth-order valence-electron chi connectivity index (χ4n) is 13.9. The summed E-state index contributed by atoms with van der Waals surface area (Å²) in [6, 6.07) is 46.8. The van der Waals surface area contributed by atoms with E-state index < -0.39 is 0 Å². The molecule has 4 unspecified atom stereocenters. The maximum absolute atomic E-state index is 2.94. The second kappa shape index (κ2) is 11.7. The van der Waals surface area contributed by atoms with Crippen molar-refractivity contribution >= 4 is 62.9 Å². The van der Waals surface area contributed by atoms with Crippen LogP contribution in [0, 0.1) is 13.8 Å². The lowest BCUT2D eigenvalue weighted by Crippen LogP contribution is -2.65. The van der Waals surface area contributed by atoms with Gasteiger partial charge >= 0.3 is 0 Å². The molecular formula is C54H54BN3. The van der Waals surface area contributed by atoms with Gasteiger partial charge in [-0.25, -0.2) is 0 Å². The summed E-state index contributed by atoms with van der Waals surface area (Å²) < 4.78 is 0. The SMILES string of the molecule is Cc1cc(C)c2c3c1B1c4ccccc4N(c4ccccc4)c4cc(N5c6ccc(-c7ccccc7)cc6C6(C)CCCCC56C)cc(c41)N3C1(C)CCCCC21C. The number of aryl methyl sites for hydroxylation is 2. The van der Waals surface area contributed by atoms with Crippen LogP contribution in [-0.4, -0.2) is 17.8 Å². The zero-order valence-electron chi connectivity index (χ0n) is 35.1. The van der Waals surface area contributed by atoms with Gasteiger partial charge in [0.05, 0.1) is 11.1 Å². The van der Waals surface area contributed by atoms with Gasteiger partial charge in [-0.3, -0.25) is 0 Å². The molecule has 2 fully saturated rings. The predicted octanol–water partition coefficient (Wildman–Crippen LogP) is 12.1. The minimum Gasteiger partial charge on any atom is -0.335 e. The van der Waals surface area contributed by atoms with Crippen molar-refractivity contribution in [2.45, 2.75) is 115 Å². The molecule has 4 aliphatic heterocycles. The first-order valence-electron chi connectivity index (χ1n) is 22.2. The summed E-state index contributed by atoms with van der Waals surface area (Å²) in [5, 5.41) is 0. The average Bonchev–Trinajstić information content (AvgIpc) is 3.59. The Labute approximate surface area is 345 Å². The number of anilines is 7. The van der Waals surface area contributed by atoms with E-state index in [1.54, 1.807) is 5.56 Å². The molecule has 0 aromatic heterocycles. The highest BCUT2D eigenvalue weighted by molar-refractivity contribution is 7.00. The Bertz CT molecular complexity index is 2710. The minimum absolute atomic E-state index is 0.0162. The summed E-state index contributed by atoms with van der Waals surface area (Å²) in [4.78, 5) is 8.38. The Kier molecular flexibility index (Phi) is 7.03. The highest BCUT2D eigenvalue weighted by Crippen LogP contribution is 2.65. The summed E-state index contributed by atoms with van der Waals surface area (Å²) in [6.45, 7) is 15.4. The van der Waals surface area contributed by atoms with Crippen LogP contribution in [0.3, 0.4) is 0 Å². The molecule has 6 aromatic carbocycles. The van der Waals surface area contributed by atoms with E-state index in [-0.39, 0.29) is 28.6 Å². The Morgan fingerprint density at radius 3 is 1.88 bits per heavy atom. The molecular weight excluding hydrogens is 701 g/mol. The van der Waals surface area contributed by atoms with Crippen molar-refractivity contribution in [3.05, 3.63) is 144 Å². The van der Waals surface area contributed by atoms with E-state index in [2.05, 4.69) is 178 Å². The first-order valence-corrected chi connectivity index (χ1v) is 22.2. The lowest BCUT2D eigenvalue weighted by molar-refractivity contribution is 0.193. The number of benzene rings is 6. The van der Waals surface area contributed by atoms with E-state index >= 15 is 0 Å². The third kappa shape index (κ3) is 4.12. The number of hydrogen-bond acceptors (Lipinski definition) is 3. The van der Waals surface area contributed by atoms with Gasteiger partial charge in [-0.05, 0) is 140 Å². The molecule has 3 nitrogen and oxygen atoms in total. The number of para-hydroxylation sites is 2. The van der Waals surface area contributed by atoms with Gasteiger partial charge < -0.3 is 14.7 Å². The van der Waals surface area contributed by atoms with Crippen molar-refractivity contribution in [2.75, 3.05) is 14.7 Å². The number of hydrogen-bond donors (Lipinski definition) is 0. The smallest absolute Gasteiger partial charge is 0.252 e. The number of fused-ring (bicyclic) bond motifs is 10. The van der Waals surface area contributed by atoms with Crippen molar-refractivity contribution in [3.63, 3.8) is 0 Å². The average molecular weight is 756 g/mol. The maximum Gasteiger partial charge on any atom is 0.252 e. The van der Waals surface area contributed by atoms with Crippen molar-refractivity contribution in [1.82, 2.24) is 0 Å². The van der Waals surface area contributed by atoms with E-state index in [0.29, 0.717) is 0 Å². The molecule has 288 valence electrons. The van der Waals surface area contributed by atoms with Crippen molar-refractivity contribution < 1.29 is 0 Å². The van der Waals surface area contributed by atoms with E-state index in [1.807, 2.05) is 0 Å². The summed E-state index contributed by atoms with van der Waals surface area (Å²) in [7, 11) is 0. The van der Waals surface area contributed by atoms with E-state index in [9.17, 15) is 0 Å². The Balaban J connectivity index is 1.19. The highest BCUT2D eigenvalue weighted by atomic mass is 15.3. The Morgan fingerprint density at radius 2 is 1.12 bits per heavy atom. The van der Waals surface area contributed by atoms with Crippen LogP contribution >= 0.6 is 0 Å². The van der Waals surface area contributed by atoms with Crippen LogP contribution in [0.25, 0.3) is 11.1 Å². The molecule has 0 spiro atoms. The van der Waals surface area contributed by atoms with Gasteiger partial charge in [-0.1, -0.05) is 124 Å². The van der Waals surface area contributed by atoms with Crippen LogP contribution in [0.2, 0.25) is 0 Å². The number of rotatable bonds is 3. The summed E-state index contributed by atoms with van der Waals surface area (Å²) in [5.41, 5.74) is 22.5. The third-order valence-corrected chi connectivity index (χ3v) is 16.9. The van der Waals surface area contributed by atoms with Crippen LogP contribution < -0.4 is 31.1 Å². The molecule has 58 heavy (non-hydrogen) atoms. The molecule has 6 aliphatic rings. The third-order valence-electron chi connectivity index (χ3n) is 16.9. The first-order chi connectivity index (χ1) is 28.1. The van der Waals surface area contributed by atoms with E-state index in [0.717, 1.165) is 0 Å². The Hall–Kier alpha value is -5.22. The molecule has 0 N–H and O–H groups in total. The van der Waals surface area contributed by atoms with Gasteiger partial charge in [0.1, 0.15) is 0 Å². The van der Waals surface area contributed by atoms with Crippen LogP contribution in [0.4, 0.5) is 39.8 Å². The normalized spacial score (nSPS) is 27.1. The monoisotopic (exact) mass is 755 g/mol.